The number of nitrogens with zero attached hydrogens (tertiary/aromatic N) is 3. The molecule has 2 heterocycles. The monoisotopic (exact) mass is 387 g/mol. The summed E-state index contributed by atoms with van der Waals surface area (Å²) in [7, 11) is 0. The standard InChI is InChI=1S/C19H22ClN5O2/c1-4-21-19(23-13(3)16-10-5-12(2)26-16)22-11-17-24-18(25-27-17)14-6-8-15(20)9-7-14/h5-10,13H,4,11H2,1-3H3,(H2,21,22,23). The van der Waals surface area contributed by atoms with Crippen molar-refractivity contribution in [2.45, 2.75) is 33.4 Å². The molecule has 0 aliphatic heterocycles. The van der Waals surface area contributed by atoms with Crippen LogP contribution < -0.4 is 10.6 Å². The summed E-state index contributed by atoms with van der Waals surface area (Å²) in [6, 6.07) is 11.1. The summed E-state index contributed by atoms with van der Waals surface area (Å²) in [5.74, 6) is 3.31. The van der Waals surface area contributed by atoms with E-state index in [2.05, 4.69) is 25.8 Å². The molecule has 8 heteroatoms. The number of hydrogen-bond donors (Lipinski definition) is 2. The second-order valence-electron chi connectivity index (χ2n) is 6.03. The van der Waals surface area contributed by atoms with Crippen LogP contribution in [-0.2, 0) is 6.54 Å². The zero-order valence-electron chi connectivity index (χ0n) is 15.5. The predicted octanol–water partition coefficient (Wildman–Crippen LogP) is 4.11. The van der Waals surface area contributed by atoms with Crippen molar-refractivity contribution in [3.8, 4) is 11.4 Å². The van der Waals surface area contributed by atoms with Crippen LogP contribution in [0.2, 0.25) is 5.02 Å². The molecule has 0 bridgehead atoms. The zero-order valence-corrected chi connectivity index (χ0v) is 16.2. The van der Waals surface area contributed by atoms with Crippen molar-refractivity contribution in [1.29, 1.82) is 0 Å². The lowest BCUT2D eigenvalue weighted by molar-refractivity contribution is 0.380. The van der Waals surface area contributed by atoms with Crippen LogP contribution in [0.5, 0.6) is 0 Å². The van der Waals surface area contributed by atoms with Gasteiger partial charge in [0.05, 0.1) is 6.04 Å². The highest BCUT2D eigenvalue weighted by Crippen LogP contribution is 2.19. The van der Waals surface area contributed by atoms with Crippen LogP contribution in [-0.4, -0.2) is 22.6 Å². The first kappa shape index (κ1) is 19.0. The Labute approximate surface area is 162 Å². The van der Waals surface area contributed by atoms with Crippen LogP contribution in [0.25, 0.3) is 11.4 Å². The minimum absolute atomic E-state index is 0.0242. The fourth-order valence-corrected chi connectivity index (χ4v) is 2.59. The van der Waals surface area contributed by atoms with Crippen LogP contribution in [0.15, 0.2) is 50.3 Å². The van der Waals surface area contributed by atoms with Gasteiger partial charge < -0.3 is 19.6 Å². The highest BCUT2D eigenvalue weighted by atomic mass is 35.5. The maximum atomic E-state index is 5.90. The Balaban J connectivity index is 1.67. The zero-order chi connectivity index (χ0) is 19.2. The molecule has 142 valence electrons. The third-order valence-corrected chi connectivity index (χ3v) is 4.08. The lowest BCUT2D eigenvalue weighted by Gasteiger charge is -2.15. The maximum Gasteiger partial charge on any atom is 0.248 e. The Morgan fingerprint density at radius 2 is 2.00 bits per heavy atom. The molecule has 1 aromatic carbocycles. The van der Waals surface area contributed by atoms with Crippen molar-refractivity contribution in [3.05, 3.63) is 58.8 Å². The van der Waals surface area contributed by atoms with Crippen molar-refractivity contribution < 1.29 is 8.94 Å². The SMILES string of the molecule is CCNC(=NCc1nc(-c2ccc(Cl)cc2)no1)NC(C)c1ccc(C)o1. The lowest BCUT2D eigenvalue weighted by atomic mass is 10.2. The summed E-state index contributed by atoms with van der Waals surface area (Å²) >= 11 is 5.90. The van der Waals surface area contributed by atoms with Crippen molar-refractivity contribution in [2.75, 3.05) is 6.54 Å². The molecule has 2 N–H and O–H groups in total. The Kier molecular flexibility index (Phi) is 6.13. The van der Waals surface area contributed by atoms with E-state index >= 15 is 0 Å². The van der Waals surface area contributed by atoms with Crippen molar-refractivity contribution in [1.82, 2.24) is 20.8 Å². The Bertz CT molecular complexity index is 901. The number of benzene rings is 1. The van der Waals surface area contributed by atoms with Gasteiger partial charge >= 0.3 is 0 Å². The fraction of sp³-hybridized carbons (Fsp3) is 0.316. The molecule has 3 aromatic rings. The molecule has 2 aromatic heterocycles. The van der Waals surface area contributed by atoms with Crippen LogP contribution in [0, 0.1) is 6.92 Å². The number of nitrogens with one attached hydrogen (secondary N) is 2. The van der Waals surface area contributed by atoms with E-state index in [0.29, 0.717) is 22.7 Å². The quantitative estimate of drug-likeness (QED) is 0.488. The van der Waals surface area contributed by atoms with E-state index in [1.807, 2.05) is 45.0 Å². The number of aryl methyl sites for hydroxylation is 1. The van der Waals surface area contributed by atoms with Crippen molar-refractivity contribution >= 4 is 17.6 Å². The molecule has 0 radical (unpaired) electrons. The van der Waals surface area contributed by atoms with E-state index in [0.717, 1.165) is 23.6 Å². The van der Waals surface area contributed by atoms with Gasteiger partial charge in [0.2, 0.25) is 11.7 Å². The fourth-order valence-electron chi connectivity index (χ4n) is 2.46. The average Bonchev–Trinajstić information content (AvgIpc) is 3.30. The number of guanidine groups is 1. The average molecular weight is 388 g/mol. The van der Waals surface area contributed by atoms with Gasteiger partial charge in [-0.25, -0.2) is 4.99 Å². The molecule has 7 nitrogen and oxygen atoms in total. The first-order valence-corrected chi connectivity index (χ1v) is 9.12. The molecule has 0 fully saturated rings. The number of halogens is 1. The van der Waals surface area contributed by atoms with Gasteiger partial charge in [-0.3, -0.25) is 0 Å². The predicted molar refractivity (Wildman–Crippen MR) is 105 cm³/mol. The molecule has 0 aliphatic rings. The van der Waals surface area contributed by atoms with Gasteiger partial charge in [-0.15, -0.1) is 0 Å². The van der Waals surface area contributed by atoms with Gasteiger partial charge in [-0.2, -0.15) is 4.98 Å². The highest BCUT2D eigenvalue weighted by molar-refractivity contribution is 6.30. The van der Waals surface area contributed by atoms with Crippen molar-refractivity contribution in [2.24, 2.45) is 4.99 Å². The normalized spacial score (nSPS) is 12.8. The number of furan rings is 1. The molecule has 3 rings (SSSR count). The highest BCUT2D eigenvalue weighted by Gasteiger charge is 2.12. The number of hydrogen-bond acceptors (Lipinski definition) is 5. The Hall–Kier alpha value is -2.80. The van der Waals surface area contributed by atoms with E-state index < -0.39 is 0 Å². The second-order valence-corrected chi connectivity index (χ2v) is 6.46. The minimum atomic E-state index is -0.0242. The van der Waals surface area contributed by atoms with E-state index in [-0.39, 0.29) is 12.6 Å². The van der Waals surface area contributed by atoms with E-state index in [1.165, 1.54) is 0 Å². The number of aromatic nitrogens is 2. The van der Waals surface area contributed by atoms with E-state index in [4.69, 9.17) is 20.5 Å². The Morgan fingerprint density at radius 3 is 2.67 bits per heavy atom. The van der Waals surface area contributed by atoms with Gasteiger partial charge in [0.1, 0.15) is 18.1 Å². The molecule has 0 aliphatic carbocycles. The second kappa shape index (κ2) is 8.73. The van der Waals surface area contributed by atoms with E-state index in [1.54, 1.807) is 12.1 Å². The lowest BCUT2D eigenvalue weighted by Crippen LogP contribution is -2.38. The third-order valence-electron chi connectivity index (χ3n) is 3.83. The largest absolute Gasteiger partial charge is 0.464 e. The molecule has 0 saturated carbocycles. The van der Waals surface area contributed by atoms with Crippen LogP contribution >= 0.6 is 11.6 Å². The summed E-state index contributed by atoms with van der Waals surface area (Å²) < 4.78 is 10.9. The summed E-state index contributed by atoms with van der Waals surface area (Å²) in [5, 5.41) is 11.2. The first-order valence-electron chi connectivity index (χ1n) is 8.75. The molecule has 1 unspecified atom stereocenters. The molecule has 0 spiro atoms. The summed E-state index contributed by atoms with van der Waals surface area (Å²) in [6.07, 6.45) is 0. The molecular formula is C19H22ClN5O2. The summed E-state index contributed by atoms with van der Waals surface area (Å²) in [4.78, 5) is 8.89. The smallest absolute Gasteiger partial charge is 0.248 e. The maximum absolute atomic E-state index is 5.90. The van der Waals surface area contributed by atoms with Gasteiger partial charge in [-0.05, 0) is 57.2 Å². The minimum Gasteiger partial charge on any atom is -0.464 e. The molecule has 1 atom stereocenters. The van der Waals surface area contributed by atoms with Crippen LogP contribution in [0.3, 0.4) is 0 Å². The number of aliphatic imine (C=N–C) groups is 1. The first-order chi connectivity index (χ1) is 13.0. The molecular weight excluding hydrogens is 366 g/mol. The third kappa shape index (κ3) is 5.10. The van der Waals surface area contributed by atoms with Crippen molar-refractivity contribution in [3.63, 3.8) is 0 Å². The Morgan fingerprint density at radius 1 is 1.22 bits per heavy atom. The topological polar surface area (TPSA) is 88.5 Å². The summed E-state index contributed by atoms with van der Waals surface area (Å²) in [5.41, 5.74) is 0.838. The van der Waals surface area contributed by atoms with Crippen LogP contribution in [0.4, 0.5) is 0 Å². The molecule has 27 heavy (non-hydrogen) atoms. The summed E-state index contributed by atoms with van der Waals surface area (Å²) in [6.45, 7) is 6.93. The van der Waals surface area contributed by atoms with E-state index in [9.17, 15) is 0 Å². The molecule has 0 saturated heterocycles. The van der Waals surface area contributed by atoms with Gasteiger partial charge in [0, 0.05) is 17.1 Å². The number of rotatable bonds is 6. The molecule has 0 amide bonds. The van der Waals surface area contributed by atoms with Gasteiger partial charge in [0.15, 0.2) is 5.96 Å². The van der Waals surface area contributed by atoms with Crippen LogP contribution in [0.1, 0.15) is 37.3 Å². The van der Waals surface area contributed by atoms with Gasteiger partial charge in [-0.1, -0.05) is 16.8 Å². The van der Waals surface area contributed by atoms with Gasteiger partial charge in [0.25, 0.3) is 0 Å².